The van der Waals surface area contributed by atoms with Crippen LogP contribution in [0.5, 0.6) is 5.75 Å². The molecule has 4 rings (SSSR count). The topological polar surface area (TPSA) is 74.7 Å². The second kappa shape index (κ2) is 12.3. The maximum atomic E-state index is 12.6. The van der Waals surface area contributed by atoms with Crippen molar-refractivity contribution < 1.29 is 14.6 Å². The van der Waals surface area contributed by atoms with Gasteiger partial charge in [-0.05, 0) is 61.3 Å². The molecular weight excluding hydrogens is 446 g/mol. The third-order valence-corrected chi connectivity index (χ3v) is 7.22. The Kier molecular flexibility index (Phi) is 8.91. The summed E-state index contributed by atoms with van der Waals surface area (Å²) in [6, 6.07) is 7.74. The maximum Gasteiger partial charge on any atom is 0.230 e. The van der Waals surface area contributed by atoms with Crippen molar-refractivity contribution in [1.82, 2.24) is 9.88 Å². The van der Waals surface area contributed by atoms with Gasteiger partial charge in [-0.3, -0.25) is 4.79 Å². The summed E-state index contributed by atoms with van der Waals surface area (Å²) < 4.78 is 5.91. The molecule has 2 N–H and O–H groups in total. The number of carbonyl (C=O) groups is 1. The van der Waals surface area contributed by atoms with Gasteiger partial charge in [-0.2, -0.15) is 0 Å². The number of carbonyl (C=O) groups excluding carboxylic acids is 1. The minimum Gasteiger partial charge on any atom is -0.494 e. The number of amides is 1. The molecule has 182 valence electrons. The molecule has 0 bridgehead atoms. The van der Waals surface area contributed by atoms with E-state index in [4.69, 9.17) is 4.74 Å². The number of thiazole rings is 1. The SMILES string of the molecule is CCC1C=CC(c2csc(NC(=O)Cc3cccc(OCCCN4CCC(O)CC4)c3)n2)=CC1. The van der Waals surface area contributed by atoms with Gasteiger partial charge >= 0.3 is 0 Å². The van der Waals surface area contributed by atoms with E-state index in [1.54, 1.807) is 0 Å². The number of likely N-dealkylation sites (tertiary alicyclic amines) is 1. The van der Waals surface area contributed by atoms with Crippen molar-refractivity contribution >= 4 is 27.9 Å². The molecule has 0 radical (unpaired) electrons. The maximum absolute atomic E-state index is 12.6. The van der Waals surface area contributed by atoms with Crippen LogP contribution in [0.25, 0.3) is 5.57 Å². The van der Waals surface area contributed by atoms with Gasteiger partial charge in [-0.15, -0.1) is 11.3 Å². The van der Waals surface area contributed by atoms with Gasteiger partial charge in [0.15, 0.2) is 5.13 Å². The smallest absolute Gasteiger partial charge is 0.230 e. The van der Waals surface area contributed by atoms with Crippen LogP contribution < -0.4 is 10.1 Å². The first-order valence-corrected chi connectivity index (χ1v) is 13.2. The number of hydrogen-bond donors (Lipinski definition) is 2. The van der Waals surface area contributed by atoms with Crippen molar-refractivity contribution in [2.24, 2.45) is 5.92 Å². The molecule has 1 amide bonds. The summed E-state index contributed by atoms with van der Waals surface area (Å²) >= 11 is 1.46. The lowest BCUT2D eigenvalue weighted by Crippen LogP contribution is -2.36. The van der Waals surface area contributed by atoms with Crippen molar-refractivity contribution in [2.45, 2.75) is 51.6 Å². The average Bonchev–Trinajstić information content (AvgIpc) is 3.31. The zero-order valence-electron chi connectivity index (χ0n) is 19.9. The van der Waals surface area contributed by atoms with E-state index >= 15 is 0 Å². The van der Waals surface area contributed by atoms with E-state index < -0.39 is 0 Å². The van der Waals surface area contributed by atoms with Gasteiger partial charge < -0.3 is 20.1 Å². The predicted octanol–water partition coefficient (Wildman–Crippen LogP) is 4.92. The van der Waals surface area contributed by atoms with Crippen LogP contribution in [0.3, 0.4) is 0 Å². The summed E-state index contributed by atoms with van der Waals surface area (Å²) in [5.41, 5.74) is 2.96. The molecule has 1 aliphatic heterocycles. The summed E-state index contributed by atoms with van der Waals surface area (Å²) in [6.07, 6.45) is 11.6. The van der Waals surface area contributed by atoms with E-state index in [0.717, 1.165) is 74.3 Å². The quantitative estimate of drug-likeness (QED) is 0.471. The van der Waals surface area contributed by atoms with Crippen LogP contribution in [-0.2, 0) is 11.2 Å². The minimum absolute atomic E-state index is 0.0791. The van der Waals surface area contributed by atoms with Crippen LogP contribution in [0.4, 0.5) is 5.13 Å². The van der Waals surface area contributed by atoms with Gasteiger partial charge in [-0.1, -0.05) is 37.3 Å². The van der Waals surface area contributed by atoms with E-state index in [0.29, 0.717) is 17.7 Å². The first-order valence-electron chi connectivity index (χ1n) is 12.4. The van der Waals surface area contributed by atoms with Gasteiger partial charge in [0.1, 0.15) is 5.75 Å². The largest absolute Gasteiger partial charge is 0.494 e. The average molecular weight is 482 g/mol. The summed E-state index contributed by atoms with van der Waals surface area (Å²) in [7, 11) is 0. The lowest BCUT2D eigenvalue weighted by Gasteiger charge is -2.29. The van der Waals surface area contributed by atoms with Gasteiger partial charge in [-0.25, -0.2) is 4.98 Å². The highest BCUT2D eigenvalue weighted by molar-refractivity contribution is 7.14. The Morgan fingerprint density at radius 1 is 1.32 bits per heavy atom. The Morgan fingerprint density at radius 2 is 2.18 bits per heavy atom. The van der Waals surface area contributed by atoms with Crippen molar-refractivity contribution in [1.29, 1.82) is 0 Å². The summed E-state index contributed by atoms with van der Waals surface area (Å²) in [4.78, 5) is 19.6. The lowest BCUT2D eigenvalue weighted by molar-refractivity contribution is -0.115. The van der Waals surface area contributed by atoms with Gasteiger partial charge in [0.05, 0.1) is 24.8 Å². The Hall–Kier alpha value is -2.48. The zero-order chi connectivity index (χ0) is 23.8. The van der Waals surface area contributed by atoms with Gasteiger partial charge in [0, 0.05) is 25.0 Å². The molecule has 0 spiro atoms. The lowest BCUT2D eigenvalue weighted by atomic mass is 9.94. The molecule has 2 heterocycles. The van der Waals surface area contributed by atoms with E-state index in [1.807, 2.05) is 29.6 Å². The van der Waals surface area contributed by atoms with Crippen LogP contribution in [0, 0.1) is 5.92 Å². The summed E-state index contributed by atoms with van der Waals surface area (Å²) in [6.45, 7) is 5.74. The first-order chi connectivity index (χ1) is 16.6. The number of benzene rings is 1. The number of allylic oxidation sites excluding steroid dienone is 4. The highest BCUT2D eigenvalue weighted by atomic mass is 32.1. The Labute approximate surface area is 206 Å². The number of nitrogens with one attached hydrogen (secondary N) is 1. The monoisotopic (exact) mass is 481 g/mol. The van der Waals surface area contributed by atoms with E-state index in [-0.39, 0.29) is 18.4 Å². The minimum atomic E-state index is -0.134. The Bertz CT molecular complexity index is 1010. The Morgan fingerprint density at radius 3 is 2.94 bits per heavy atom. The second-order valence-electron chi connectivity index (χ2n) is 9.11. The standard InChI is InChI=1S/C27H35N3O3S/c1-2-20-7-9-22(10-8-20)25-19-34-27(28-25)29-26(32)18-21-5-3-6-24(17-21)33-16-4-13-30-14-11-23(31)12-15-30/h3,5-7,9-10,17,19-20,23,31H,2,4,8,11-16,18H2,1H3,(H,28,29,32). The van der Waals surface area contributed by atoms with E-state index in [1.165, 1.54) is 11.3 Å². The molecular formula is C27H35N3O3S. The number of nitrogens with zero attached hydrogens (tertiary/aromatic N) is 2. The first kappa shape index (κ1) is 24.6. The molecule has 1 aromatic carbocycles. The van der Waals surface area contributed by atoms with Gasteiger partial charge in [0.25, 0.3) is 0 Å². The fourth-order valence-electron chi connectivity index (χ4n) is 4.34. The van der Waals surface area contributed by atoms with Crippen LogP contribution >= 0.6 is 11.3 Å². The van der Waals surface area contributed by atoms with E-state index in [9.17, 15) is 9.90 Å². The molecule has 1 aliphatic carbocycles. The highest BCUT2D eigenvalue weighted by Crippen LogP contribution is 2.28. The van der Waals surface area contributed by atoms with Crippen LogP contribution in [-0.4, -0.2) is 53.2 Å². The molecule has 2 aromatic rings. The molecule has 6 nitrogen and oxygen atoms in total. The zero-order valence-corrected chi connectivity index (χ0v) is 20.7. The normalized spacial score (nSPS) is 19.1. The molecule has 1 atom stereocenters. The fourth-order valence-corrected chi connectivity index (χ4v) is 5.07. The third kappa shape index (κ3) is 7.26. The fraction of sp³-hybridized carbons (Fsp3) is 0.481. The number of ether oxygens (including phenoxy) is 1. The molecule has 1 unspecified atom stereocenters. The van der Waals surface area contributed by atoms with Crippen LogP contribution in [0.15, 0.2) is 47.9 Å². The Balaban J connectivity index is 1.21. The van der Waals surface area contributed by atoms with Crippen molar-refractivity contribution in [3.8, 4) is 5.75 Å². The number of aliphatic hydroxyl groups excluding tert-OH is 1. The molecule has 7 heteroatoms. The molecule has 1 fully saturated rings. The highest BCUT2D eigenvalue weighted by Gasteiger charge is 2.16. The summed E-state index contributed by atoms with van der Waals surface area (Å²) in [5.74, 6) is 1.33. The third-order valence-electron chi connectivity index (χ3n) is 6.47. The molecule has 0 saturated carbocycles. The number of piperidine rings is 1. The van der Waals surface area contributed by atoms with E-state index in [2.05, 4.69) is 40.4 Å². The predicted molar refractivity (Wildman–Crippen MR) is 138 cm³/mol. The molecule has 1 aromatic heterocycles. The van der Waals surface area contributed by atoms with Crippen molar-refractivity contribution in [3.63, 3.8) is 0 Å². The number of aromatic nitrogens is 1. The number of anilines is 1. The summed E-state index contributed by atoms with van der Waals surface area (Å²) in [5, 5.41) is 15.2. The van der Waals surface area contributed by atoms with Crippen LogP contribution in [0.2, 0.25) is 0 Å². The van der Waals surface area contributed by atoms with Crippen LogP contribution in [0.1, 0.15) is 50.3 Å². The van der Waals surface area contributed by atoms with Crippen molar-refractivity contribution in [3.05, 3.63) is 59.1 Å². The van der Waals surface area contributed by atoms with Gasteiger partial charge in [0.2, 0.25) is 5.91 Å². The second-order valence-corrected chi connectivity index (χ2v) is 9.97. The molecule has 2 aliphatic rings. The number of hydrogen-bond acceptors (Lipinski definition) is 6. The molecule has 34 heavy (non-hydrogen) atoms. The van der Waals surface area contributed by atoms with Crippen molar-refractivity contribution in [2.75, 3.05) is 31.6 Å². The molecule has 1 saturated heterocycles. The number of aliphatic hydroxyl groups is 1. The number of rotatable bonds is 10.